The Kier molecular flexibility index (Phi) is 3.48. The number of sulfonamides is 1. The van der Waals surface area contributed by atoms with Crippen molar-refractivity contribution < 1.29 is 18.1 Å². The minimum atomic E-state index is -3.69. The largest absolute Gasteiger partial charge is 0.491 e. The molecule has 2 heterocycles. The second-order valence-electron chi connectivity index (χ2n) is 4.71. The van der Waals surface area contributed by atoms with Crippen LogP contribution >= 0.6 is 0 Å². The molecular formula is C12H14BN3O4S. The summed E-state index contributed by atoms with van der Waals surface area (Å²) in [5, 5.41) is 13.6. The molecule has 0 radical (unpaired) electrons. The van der Waals surface area contributed by atoms with Crippen LogP contribution in [0.3, 0.4) is 0 Å². The first-order valence-corrected chi connectivity index (χ1v) is 7.95. The standard InChI is InChI=1S/C12H14BN3O4S/c1-2-16-7-11(6-14-16)21(18,19)15-10-4-3-9-8-20-13(17)12(9)5-10/h3-7,15,17H,2,8H2,1H3. The van der Waals surface area contributed by atoms with Crippen molar-refractivity contribution >= 4 is 28.3 Å². The Morgan fingerprint density at radius 3 is 3.05 bits per heavy atom. The van der Waals surface area contributed by atoms with E-state index in [2.05, 4.69) is 9.82 Å². The summed E-state index contributed by atoms with van der Waals surface area (Å²) in [5.41, 5.74) is 1.81. The van der Waals surface area contributed by atoms with Crippen LogP contribution in [0.2, 0.25) is 0 Å². The predicted molar refractivity (Wildman–Crippen MR) is 77.5 cm³/mol. The number of rotatable bonds is 4. The summed E-state index contributed by atoms with van der Waals surface area (Å²) in [5.74, 6) is 0. The van der Waals surface area contributed by atoms with Gasteiger partial charge in [0.1, 0.15) is 4.90 Å². The van der Waals surface area contributed by atoms with Gasteiger partial charge < -0.3 is 9.68 Å². The molecule has 2 N–H and O–H groups in total. The van der Waals surface area contributed by atoms with Crippen molar-refractivity contribution in [3.63, 3.8) is 0 Å². The van der Waals surface area contributed by atoms with Crippen molar-refractivity contribution in [2.45, 2.75) is 25.0 Å². The topological polar surface area (TPSA) is 93.5 Å². The second kappa shape index (κ2) is 5.17. The van der Waals surface area contributed by atoms with Crippen LogP contribution in [0.1, 0.15) is 12.5 Å². The van der Waals surface area contributed by atoms with E-state index >= 15 is 0 Å². The first-order valence-electron chi connectivity index (χ1n) is 6.47. The van der Waals surface area contributed by atoms with E-state index in [1.165, 1.54) is 17.1 Å². The van der Waals surface area contributed by atoms with E-state index in [4.69, 9.17) is 4.65 Å². The Bertz CT molecular complexity index is 775. The Hall–Kier alpha value is -1.84. The van der Waals surface area contributed by atoms with Gasteiger partial charge in [-0.25, -0.2) is 8.42 Å². The van der Waals surface area contributed by atoms with E-state index in [1.54, 1.807) is 18.2 Å². The van der Waals surface area contributed by atoms with Gasteiger partial charge in [0.25, 0.3) is 10.0 Å². The molecule has 0 saturated heterocycles. The van der Waals surface area contributed by atoms with E-state index in [-0.39, 0.29) is 4.90 Å². The number of hydrogen-bond acceptors (Lipinski definition) is 5. The number of anilines is 1. The Labute approximate surface area is 122 Å². The lowest BCUT2D eigenvalue weighted by molar-refractivity contribution is 0.275. The lowest BCUT2D eigenvalue weighted by Gasteiger charge is -2.08. The van der Waals surface area contributed by atoms with Gasteiger partial charge in [-0.3, -0.25) is 9.40 Å². The van der Waals surface area contributed by atoms with Gasteiger partial charge in [0.05, 0.1) is 12.8 Å². The highest BCUT2D eigenvalue weighted by Gasteiger charge is 2.28. The van der Waals surface area contributed by atoms with Crippen LogP contribution < -0.4 is 10.2 Å². The average molecular weight is 307 g/mol. The van der Waals surface area contributed by atoms with Gasteiger partial charge >= 0.3 is 7.12 Å². The molecule has 1 aliphatic heterocycles. The third kappa shape index (κ3) is 2.67. The van der Waals surface area contributed by atoms with Gasteiger partial charge in [0.15, 0.2) is 0 Å². The zero-order chi connectivity index (χ0) is 15.0. The van der Waals surface area contributed by atoms with E-state index < -0.39 is 17.1 Å². The third-order valence-corrected chi connectivity index (χ3v) is 4.64. The van der Waals surface area contributed by atoms with Gasteiger partial charge in [-0.05, 0) is 30.1 Å². The van der Waals surface area contributed by atoms with Crippen molar-refractivity contribution in [1.82, 2.24) is 9.78 Å². The zero-order valence-electron chi connectivity index (χ0n) is 11.4. The smallest absolute Gasteiger partial charge is 0.423 e. The summed E-state index contributed by atoms with van der Waals surface area (Å²) >= 11 is 0. The maximum atomic E-state index is 12.3. The van der Waals surface area contributed by atoms with Crippen molar-refractivity contribution in [3.8, 4) is 0 Å². The number of hydrogen-bond donors (Lipinski definition) is 2. The van der Waals surface area contributed by atoms with Crippen LogP contribution in [-0.2, 0) is 27.8 Å². The molecule has 1 aromatic carbocycles. The molecule has 2 aromatic rings. The minimum Gasteiger partial charge on any atom is -0.423 e. The first kappa shape index (κ1) is 14.1. The Morgan fingerprint density at radius 1 is 1.52 bits per heavy atom. The number of nitrogens with zero attached hydrogens (tertiary/aromatic N) is 2. The highest BCUT2D eigenvalue weighted by molar-refractivity contribution is 7.92. The molecule has 0 bridgehead atoms. The van der Waals surface area contributed by atoms with Crippen LogP contribution in [0, 0.1) is 0 Å². The van der Waals surface area contributed by atoms with Gasteiger partial charge in [0, 0.05) is 18.4 Å². The average Bonchev–Trinajstić information content (AvgIpc) is 3.06. The van der Waals surface area contributed by atoms with Gasteiger partial charge in [0.2, 0.25) is 0 Å². The zero-order valence-corrected chi connectivity index (χ0v) is 12.2. The summed E-state index contributed by atoms with van der Waals surface area (Å²) in [6.07, 6.45) is 2.77. The van der Waals surface area contributed by atoms with Crippen LogP contribution in [0.15, 0.2) is 35.5 Å². The molecule has 7 nitrogen and oxygen atoms in total. The molecule has 0 atom stereocenters. The van der Waals surface area contributed by atoms with Crippen LogP contribution in [0.5, 0.6) is 0 Å². The molecule has 0 spiro atoms. The van der Waals surface area contributed by atoms with E-state index in [9.17, 15) is 13.4 Å². The maximum absolute atomic E-state index is 12.3. The van der Waals surface area contributed by atoms with Crippen molar-refractivity contribution in [1.29, 1.82) is 0 Å². The summed E-state index contributed by atoms with van der Waals surface area (Å²) in [7, 11) is -4.70. The van der Waals surface area contributed by atoms with Gasteiger partial charge in [-0.15, -0.1) is 0 Å². The van der Waals surface area contributed by atoms with E-state index in [1.807, 2.05) is 6.92 Å². The predicted octanol–water partition coefficient (Wildman–Crippen LogP) is -0.0785. The molecule has 1 aliphatic rings. The molecule has 110 valence electrons. The molecule has 0 fully saturated rings. The fourth-order valence-electron chi connectivity index (χ4n) is 2.15. The van der Waals surface area contributed by atoms with Crippen molar-refractivity contribution in [2.75, 3.05) is 4.72 Å². The molecule has 21 heavy (non-hydrogen) atoms. The lowest BCUT2D eigenvalue weighted by Crippen LogP contribution is -2.28. The summed E-state index contributed by atoms with van der Waals surface area (Å²) in [4.78, 5) is 0.0987. The molecule has 0 saturated carbocycles. The quantitative estimate of drug-likeness (QED) is 0.771. The highest BCUT2D eigenvalue weighted by atomic mass is 32.2. The number of aromatic nitrogens is 2. The van der Waals surface area contributed by atoms with Gasteiger partial charge in [-0.1, -0.05) is 6.07 Å². The molecule has 3 rings (SSSR count). The monoisotopic (exact) mass is 307 g/mol. The molecule has 0 unspecified atom stereocenters. The van der Waals surface area contributed by atoms with Crippen molar-refractivity contribution in [2.24, 2.45) is 0 Å². The summed E-state index contributed by atoms with van der Waals surface area (Å²) in [6.45, 7) is 2.80. The third-order valence-electron chi connectivity index (χ3n) is 3.30. The van der Waals surface area contributed by atoms with Crippen LogP contribution in [-0.4, -0.2) is 30.3 Å². The number of aryl methyl sites for hydroxylation is 1. The maximum Gasteiger partial charge on any atom is 0.491 e. The number of benzene rings is 1. The van der Waals surface area contributed by atoms with Crippen LogP contribution in [0.25, 0.3) is 0 Å². The second-order valence-corrected chi connectivity index (χ2v) is 6.40. The minimum absolute atomic E-state index is 0.0987. The number of fused-ring (bicyclic) bond motifs is 1. The first-order chi connectivity index (χ1) is 9.99. The normalized spacial score (nSPS) is 14.3. The Balaban J connectivity index is 1.87. The highest BCUT2D eigenvalue weighted by Crippen LogP contribution is 2.18. The molecule has 0 amide bonds. The number of nitrogens with one attached hydrogen (secondary N) is 1. The SMILES string of the molecule is CCn1cc(S(=O)(=O)Nc2ccc3c(c2)B(O)OC3)cn1. The fraction of sp³-hybridized carbons (Fsp3) is 0.250. The molecule has 1 aromatic heterocycles. The fourth-order valence-corrected chi connectivity index (χ4v) is 3.15. The summed E-state index contributed by atoms with van der Waals surface area (Å²) < 4.78 is 33.6. The van der Waals surface area contributed by atoms with Crippen LogP contribution in [0.4, 0.5) is 5.69 Å². The molecule has 0 aliphatic carbocycles. The Morgan fingerprint density at radius 2 is 2.33 bits per heavy atom. The lowest BCUT2D eigenvalue weighted by atomic mass is 9.79. The van der Waals surface area contributed by atoms with E-state index in [0.29, 0.717) is 24.3 Å². The van der Waals surface area contributed by atoms with E-state index in [0.717, 1.165) is 5.56 Å². The molecule has 9 heteroatoms. The summed E-state index contributed by atoms with van der Waals surface area (Å²) in [6, 6.07) is 4.95. The molecular weight excluding hydrogens is 293 g/mol. The van der Waals surface area contributed by atoms with Gasteiger partial charge in [-0.2, -0.15) is 5.10 Å². The van der Waals surface area contributed by atoms with Crippen molar-refractivity contribution in [3.05, 3.63) is 36.2 Å².